The van der Waals surface area contributed by atoms with Gasteiger partial charge in [-0.1, -0.05) is 51.8 Å². The molecule has 0 aromatic carbocycles. The smallest absolute Gasteiger partial charge is 0.657 e. The van der Waals surface area contributed by atoms with Gasteiger partial charge in [-0.3, -0.25) is 9.59 Å². The van der Waals surface area contributed by atoms with Gasteiger partial charge in [0.1, 0.15) is 0 Å². The van der Waals surface area contributed by atoms with Gasteiger partial charge in [0.2, 0.25) is 0 Å². The first-order valence-electron chi connectivity index (χ1n) is 14.3. The van der Waals surface area contributed by atoms with E-state index in [1.54, 1.807) is 0 Å². The second-order valence-corrected chi connectivity index (χ2v) is 12.5. The Balaban J connectivity index is 0.00000461. The first kappa shape index (κ1) is 34.6. The third kappa shape index (κ3) is 6.82. The average molecular weight is 683 g/mol. The Bertz CT molecular complexity index is 1940. The normalized spacial score (nSPS) is 14.4. The number of thiol groups is 2. The first-order chi connectivity index (χ1) is 20.8. The zero-order chi connectivity index (χ0) is 32.0. The maximum Gasteiger partial charge on any atom is 2.00 e. The summed E-state index contributed by atoms with van der Waals surface area (Å²) >= 11 is 9.34. The number of carboxylic acid groups (broad SMARTS) is 2. The molecule has 5 heterocycles. The van der Waals surface area contributed by atoms with Crippen LogP contribution in [0.4, 0.5) is 0 Å². The molecule has 0 fully saturated rings. The Morgan fingerprint density at radius 2 is 1.24 bits per heavy atom. The van der Waals surface area contributed by atoms with Crippen LogP contribution in [0.25, 0.3) is 44.4 Å². The number of rotatable bonds is 8. The molecule has 0 amide bonds. The molecule has 2 aliphatic heterocycles. The number of hydrogen-bond donors (Lipinski definition) is 4. The Labute approximate surface area is 284 Å². The van der Waals surface area contributed by atoms with Crippen molar-refractivity contribution in [3.63, 3.8) is 0 Å². The Morgan fingerprint density at radius 3 is 1.87 bits per heavy atom. The number of carboxylic acids is 2. The van der Waals surface area contributed by atoms with Crippen LogP contribution in [0, 0.1) is 27.7 Å². The van der Waals surface area contributed by atoms with Crippen molar-refractivity contribution in [1.29, 1.82) is 0 Å². The Morgan fingerprint density at radius 1 is 0.733 bits per heavy atom. The molecule has 8 bridgehead atoms. The van der Waals surface area contributed by atoms with E-state index < -0.39 is 11.9 Å². The largest absolute Gasteiger partial charge is 2.00 e. The molecule has 11 heteroatoms. The second-order valence-electron chi connectivity index (χ2n) is 11.2. The van der Waals surface area contributed by atoms with E-state index in [9.17, 15) is 19.8 Å². The molecule has 3 aromatic rings. The van der Waals surface area contributed by atoms with Gasteiger partial charge >= 0.3 is 29.0 Å². The summed E-state index contributed by atoms with van der Waals surface area (Å²) in [5.41, 5.74) is 12.2. The molecule has 0 unspecified atom stereocenters. The topological polar surface area (TPSA) is 129 Å². The van der Waals surface area contributed by atoms with E-state index in [4.69, 9.17) is 19.9 Å². The van der Waals surface area contributed by atoms with Gasteiger partial charge in [0.25, 0.3) is 0 Å². The summed E-state index contributed by atoms with van der Waals surface area (Å²) in [5, 5.41) is 18.3. The molecule has 0 radical (unpaired) electrons. The molecule has 0 spiro atoms. The molecule has 2 N–H and O–H groups in total. The van der Waals surface area contributed by atoms with Gasteiger partial charge in [-0.15, -0.1) is 27.3 Å². The average Bonchev–Trinajstić information content (AvgIpc) is 3.59. The van der Waals surface area contributed by atoms with Crippen LogP contribution in [0.1, 0.15) is 83.4 Å². The van der Waals surface area contributed by atoms with Crippen molar-refractivity contribution < 1.29 is 36.9 Å². The van der Waals surface area contributed by atoms with Crippen molar-refractivity contribution in [2.75, 3.05) is 0 Å². The monoisotopic (exact) mass is 682 g/mol. The number of aromatic nitrogens is 4. The molecule has 0 saturated carbocycles. The fourth-order valence-corrected chi connectivity index (χ4v) is 6.59. The van der Waals surface area contributed by atoms with Crippen LogP contribution in [0.3, 0.4) is 0 Å². The van der Waals surface area contributed by atoms with Crippen LogP contribution in [-0.2, 0) is 33.1 Å². The van der Waals surface area contributed by atoms with Crippen molar-refractivity contribution in [1.82, 2.24) is 19.9 Å². The van der Waals surface area contributed by atoms with Crippen LogP contribution >= 0.6 is 25.3 Å². The third-order valence-corrected chi connectivity index (χ3v) is 8.84. The van der Waals surface area contributed by atoms with E-state index in [0.29, 0.717) is 39.3 Å². The molecule has 45 heavy (non-hydrogen) atoms. The Hall–Kier alpha value is -3.24. The number of nitrogens with zero attached hydrogens (tertiary/aromatic N) is 4. The molecule has 3 aromatic heterocycles. The van der Waals surface area contributed by atoms with Crippen molar-refractivity contribution in [2.24, 2.45) is 0 Å². The molecule has 5 rings (SSSR count). The summed E-state index contributed by atoms with van der Waals surface area (Å²) in [7, 11) is 0. The van der Waals surface area contributed by atoms with E-state index in [1.807, 2.05) is 52.0 Å². The van der Waals surface area contributed by atoms with Crippen molar-refractivity contribution in [3.05, 3.63) is 83.1 Å². The van der Waals surface area contributed by atoms with Gasteiger partial charge in [-0.2, -0.15) is 0 Å². The summed E-state index contributed by atoms with van der Waals surface area (Å²) in [4.78, 5) is 43.0. The molecule has 8 nitrogen and oxygen atoms in total. The quantitative estimate of drug-likeness (QED) is 0.115. The molecule has 236 valence electrons. The van der Waals surface area contributed by atoms with Crippen LogP contribution in [-0.4, -0.2) is 37.4 Å². The number of fused-ring (bicyclic) bond motifs is 8. The zero-order valence-electron chi connectivity index (χ0n) is 25.5. The molecule has 0 saturated heterocycles. The predicted molar refractivity (Wildman–Crippen MR) is 181 cm³/mol. The first-order valence-corrected chi connectivity index (χ1v) is 15.3. The summed E-state index contributed by atoms with van der Waals surface area (Å²) in [6.45, 7) is 16.1. The van der Waals surface area contributed by atoms with E-state index in [0.717, 1.165) is 50.1 Å². The van der Waals surface area contributed by atoms with Gasteiger partial charge in [-0.05, 0) is 62.8 Å². The van der Waals surface area contributed by atoms with Crippen molar-refractivity contribution in [3.8, 4) is 0 Å². The van der Waals surface area contributed by atoms with Gasteiger partial charge in [0.05, 0.1) is 22.8 Å². The Kier molecular flexibility index (Phi) is 10.5. The number of carbonyl (C=O) groups is 2. The minimum absolute atomic E-state index is 0. The standard InChI is InChI=1S/C34H36N4O4S2.Fe/c1-15-21(7-9-31(39)40)27-14-28-22(8-10-32(41)42)16(2)24(36-28)12-29-34(20(6)44)18(4)26(38-29)13-30-33(19(5)43)17(3)25(37-30)11-23(15)35-27;/h11-14,19-20H,5-10H2,1-4H3,(H6,35,36,37,38,39,40,41,42,43,44);/q-2;+2/p-2/t19-,20-;/m0./s1. The van der Waals surface area contributed by atoms with Gasteiger partial charge in [0, 0.05) is 12.8 Å². The minimum Gasteiger partial charge on any atom is -0.657 e. The zero-order valence-corrected chi connectivity index (χ0v) is 28.3. The van der Waals surface area contributed by atoms with E-state index in [1.165, 1.54) is 0 Å². The number of hydrogen-bond acceptors (Lipinski definition) is 6. The number of aryl methyl sites for hydroxylation is 3. The summed E-state index contributed by atoms with van der Waals surface area (Å²) in [5.74, 6) is -1.81. The third-order valence-electron chi connectivity index (χ3n) is 8.32. The molecule has 2 atom stereocenters. The predicted octanol–water partition coefficient (Wildman–Crippen LogP) is 6.87. The van der Waals surface area contributed by atoms with Crippen molar-refractivity contribution >= 4 is 81.6 Å². The second kappa shape index (κ2) is 13.6. The van der Waals surface area contributed by atoms with Crippen molar-refractivity contribution in [2.45, 2.75) is 63.9 Å². The van der Waals surface area contributed by atoms with Crippen LogP contribution in [0.15, 0.2) is 24.3 Å². The van der Waals surface area contributed by atoms with E-state index in [-0.39, 0.29) is 53.3 Å². The molecule has 2 aliphatic rings. The minimum atomic E-state index is -0.908. The molecular weight excluding hydrogens is 648 g/mol. The number of allylic oxidation sites excluding steroid dienone is 3. The fraction of sp³-hybridized carbons (Fsp3) is 0.294. The number of aliphatic carboxylic acids is 2. The summed E-state index contributed by atoms with van der Waals surface area (Å²) < 4.78 is 0. The van der Waals surface area contributed by atoms with Crippen LogP contribution in [0.5, 0.6) is 0 Å². The van der Waals surface area contributed by atoms with Gasteiger partial charge in [-0.25, -0.2) is 35.2 Å². The fourth-order valence-electron chi connectivity index (χ4n) is 5.94. The molecule has 0 aliphatic carbocycles. The van der Waals surface area contributed by atoms with Crippen LogP contribution < -0.4 is 9.97 Å². The SMILES string of the molecule is [CH2-][C@H](S)C1=C(C)c2cc3[n-]c(cc4nc(cc5[n-]c(cc1n2)c(C)c5[C@H]([CH2-])S)C(C)=C4CCC(=O)O)c(CCC(=O)O)c3C.[Fe+2]. The summed E-state index contributed by atoms with van der Waals surface area (Å²) in [6.07, 6.45) is 0.430. The van der Waals surface area contributed by atoms with E-state index >= 15 is 0 Å². The molecular formula is C34H34FeN4O4S2-2. The van der Waals surface area contributed by atoms with Gasteiger partial charge < -0.3 is 34.0 Å². The van der Waals surface area contributed by atoms with Gasteiger partial charge in [0.15, 0.2) is 0 Å². The van der Waals surface area contributed by atoms with E-state index in [2.05, 4.69) is 39.1 Å². The maximum atomic E-state index is 11.6. The van der Waals surface area contributed by atoms with Crippen LogP contribution in [0.2, 0.25) is 0 Å². The summed E-state index contributed by atoms with van der Waals surface area (Å²) in [6, 6.07) is 7.57. The maximum absolute atomic E-state index is 11.6.